The van der Waals surface area contributed by atoms with E-state index >= 15 is 0 Å². The second-order valence-electron chi connectivity index (χ2n) is 11.2. The maximum absolute atomic E-state index is 10.4. The fourth-order valence-corrected chi connectivity index (χ4v) is 6.40. The maximum atomic E-state index is 10.4. The van der Waals surface area contributed by atoms with Crippen LogP contribution in [0, 0.1) is 0 Å². The summed E-state index contributed by atoms with van der Waals surface area (Å²) in [6.45, 7) is 7.66. The Balaban J connectivity index is 1.24. The van der Waals surface area contributed by atoms with E-state index in [1.54, 1.807) is 12.1 Å². The number of benzene rings is 3. The predicted octanol–water partition coefficient (Wildman–Crippen LogP) is 5.93. The number of hydrogen-bond donors (Lipinski definition) is 1. The molecule has 0 amide bonds. The summed E-state index contributed by atoms with van der Waals surface area (Å²) in [4.78, 5) is 16.0. The zero-order valence-electron chi connectivity index (χ0n) is 23.4. The zero-order chi connectivity index (χ0) is 27.6. The molecule has 4 aromatic rings. The van der Waals surface area contributed by atoms with Crippen molar-refractivity contribution in [2.75, 3.05) is 52.5 Å². The highest BCUT2D eigenvalue weighted by molar-refractivity contribution is 6.31. The van der Waals surface area contributed by atoms with Crippen molar-refractivity contribution >= 4 is 16.6 Å². The molecule has 3 aromatic carbocycles. The van der Waals surface area contributed by atoms with Crippen LogP contribution in [0.1, 0.15) is 36.8 Å². The summed E-state index contributed by atoms with van der Waals surface area (Å²) in [5.74, 6) is 1.07. The number of fused-ring (bicyclic) bond motifs is 5. The molecule has 41 heavy (non-hydrogen) atoms. The molecule has 1 aromatic heterocycles. The Morgan fingerprint density at radius 3 is 2.22 bits per heavy atom. The van der Waals surface area contributed by atoms with Gasteiger partial charge in [-0.2, -0.15) is 0 Å². The van der Waals surface area contributed by atoms with Crippen LogP contribution in [0.15, 0.2) is 71.9 Å². The highest BCUT2D eigenvalue weighted by Crippen LogP contribution is 2.46. The average molecular weight is 549 g/mol. The number of pyridine rings is 1. The Morgan fingerprint density at radius 2 is 1.46 bits per heavy atom. The van der Waals surface area contributed by atoms with Crippen molar-refractivity contribution in [1.29, 1.82) is 0 Å². The first kappa shape index (κ1) is 26.0. The van der Waals surface area contributed by atoms with Crippen LogP contribution in [0.25, 0.3) is 33.3 Å². The Labute approximate surface area is 241 Å². The molecule has 3 heterocycles. The van der Waals surface area contributed by atoms with Crippen LogP contribution in [0.2, 0.25) is 0 Å². The molecule has 0 unspecified atom stereocenters. The molecule has 1 aliphatic carbocycles. The van der Waals surface area contributed by atoms with Gasteiger partial charge in [0.1, 0.15) is 30.4 Å². The van der Waals surface area contributed by atoms with Crippen molar-refractivity contribution in [3.63, 3.8) is 0 Å². The third-order valence-corrected chi connectivity index (χ3v) is 8.51. The molecule has 210 valence electrons. The molecule has 7 heteroatoms. The van der Waals surface area contributed by atoms with Crippen LogP contribution in [0.3, 0.4) is 0 Å². The molecule has 0 radical (unpaired) electrons. The van der Waals surface area contributed by atoms with Gasteiger partial charge in [-0.05, 0) is 106 Å². The molecular formula is C34H36N4O3. The molecule has 2 fully saturated rings. The summed E-state index contributed by atoms with van der Waals surface area (Å²) in [6.07, 6.45) is 5.08. The van der Waals surface area contributed by atoms with Crippen LogP contribution >= 0.6 is 0 Å². The summed E-state index contributed by atoms with van der Waals surface area (Å²) in [5, 5.41) is 16.2. The summed E-state index contributed by atoms with van der Waals surface area (Å²) in [5.41, 5.74) is 7.41. The maximum Gasteiger partial charge on any atom is 0.129 e. The predicted molar refractivity (Wildman–Crippen MR) is 163 cm³/mol. The minimum atomic E-state index is 0.204. The van der Waals surface area contributed by atoms with Crippen LogP contribution in [-0.4, -0.2) is 78.1 Å². The first-order chi connectivity index (χ1) is 20.2. The molecule has 7 nitrogen and oxygen atoms in total. The van der Waals surface area contributed by atoms with E-state index in [2.05, 4.69) is 28.0 Å². The lowest BCUT2D eigenvalue weighted by Crippen LogP contribution is -2.25. The molecule has 0 bridgehead atoms. The van der Waals surface area contributed by atoms with E-state index in [-0.39, 0.29) is 5.75 Å². The molecule has 0 saturated carbocycles. The van der Waals surface area contributed by atoms with Gasteiger partial charge in [0, 0.05) is 40.7 Å². The minimum absolute atomic E-state index is 0.204. The van der Waals surface area contributed by atoms with E-state index in [1.165, 1.54) is 38.8 Å². The molecule has 3 aliphatic rings. The number of hydrogen-bond acceptors (Lipinski definition) is 7. The van der Waals surface area contributed by atoms with E-state index in [4.69, 9.17) is 19.7 Å². The number of rotatable bonds is 9. The monoisotopic (exact) mass is 548 g/mol. The quantitative estimate of drug-likeness (QED) is 0.182. The van der Waals surface area contributed by atoms with Crippen molar-refractivity contribution in [2.45, 2.75) is 25.7 Å². The Bertz CT molecular complexity index is 1570. The lowest BCUT2D eigenvalue weighted by atomic mass is 9.96. The van der Waals surface area contributed by atoms with Crippen molar-refractivity contribution in [3.05, 3.63) is 77.9 Å². The summed E-state index contributed by atoms with van der Waals surface area (Å²) in [7, 11) is 0. The van der Waals surface area contributed by atoms with E-state index in [0.29, 0.717) is 13.2 Å². The Hall–Kier alpha value is -3.94. The van der Waals surface area contributed by atoms with E-state index < -0.39 is 0 Å². The first-order valence-corrected chi connectivity index (χ1v) is 14.9. The summed E-state index contributed by atoms with van der Waals surface area (Å²) >= 11 is 0. The number of ether oxygens (including phenoxy) is 1. The van der Waals surface area contributed by atoms with Crippen LogP contribution in [0.4, 0.5) is 0 Å². The first-order valence-electron chi connectivity index (χ1n) is 14.9. The number of likely N-dealkylation sites (tertiary alicyclic amines) is 2. The number of aromatic hydroxyl groups is 1. The minimum Gasteiger partial charge on any atom is -0.508 e. The van der Waals surface area contributed by atoms with Gasteiger partial charge >= 0.3 is 0 Å². The van der Waals surface area contributed by atoms with E-state index in [9.17, 15) is 5.11 Å². The normalized spacial score (nSPS) is 17.8. The smallest absolute Gasteiger partial charge is 0.129 e. The van der Waals surface area contributed by atoms with Crippen LogP contribution in [0.5, 0.6) is 11.5 Å². The number of para-hydroxylation sites is 1. The second-order valence-corrected chi connectivity index (χ2v) is 11.2. The van der Waals surface area contributed by atoms with Gasteiger partial charge in [-0.25, -0.2) is 4.98 Å². The van der Waals surface area contributed by atoms with Crippen LogP contribution in [-0.2, 0) is 4.84 Å². The molecular weight excluding hydrogens is 512 g/mol. The largest absolute Gasteiger partial charge is 0.508 e. The summed E-state index contributed by atoms with van der Waals surface area (Å²) in [6, 6.07) is 21.9. The van der Waals surface area contributed by atoms with Gasteiger partial charge < -0.3 is 14.7 Å². The van der Waals surface area contributed by atoms with Gasteiger partial charge in [0.05, 0.1) is 11.2 Å². The van der Waals surface area contributed by atoms with Gasteiger partial charge in [0.25, 0.3) is 0 Å². The van der Waals surface area contributed by atoms with Crippen molar-refractivity contribution in [3.8, 4) is 33.9 Å². The summed E-state index contributed by atoms with van der Waals surface area (Å²) < 4.78 is 6.07. The van der Waals surface area contributed by atoms with Gasteiger partial charge in [-0.15, -0.1) is 0 Å². The molecule has 0 atom stereocenters. The number of aromatic nitrogens is 1. The number of phenolic OH excluding ortho intramolecular Hbond substituents is 1. The zero-order valence-corrected chi connectivity index (χ0v) is 23.4. The van der Waals surface area contributed by atoms with Gasteiger partial charge in [0.2, 0.25) is 0 Å². The Morgan fingerprint density at radius 1 is 0.756 bits per heavy atom. The number of phenols is 1. The van der Waals surface area contributed by atoms with Crippen molar-refractivity contribution < 1.29 is 14.7 Å². The topological polar surface area (TPSA) is 70.4 Å². The highest BCUT2D eigenvalue weighted by atomic mass is 16.6. The molecule has 0 spiro atoms. The Kier molecular flexibility index (Phi) is 7.30. The highest BCUT2D eigenvalue weighted by Gasteiger charge is 2.32. The van der Waals surface area contributed by atoms with E-state index in [1.807, 2.05) is 36.4 Å². The van der Waals surface area contributed by atoms with E-state index in [0.717, 1.165) is 82.1 Å². The number of oxime groups is 1. The molecule has 1 N–H and O–H groups in total. The fourth-order valence-electron chi connectivity index (χ4n) is 6.40. The van der Waals surface area contributed by atoms with Gasteiger partial charge in [0.15, 0.2) is 0 Å². The molecule has 7 rings (SSSR count). The fraction of sp³-hybridized carbons (Fsp3) is 0.353. The standard InChI is InChI=1S/C34H36N4O3/c39-25-11-14-27-29(23-25)34(36-41-22-20-38-17-5-6-18-38)32-28-7-1-2-8-30(28)35-33(31(27)32)24-9-12-26(13-10-24)40-21-19-37-15-3-4-16-37/h1-2,7-14,23,39H,3-6,15-22H2/b36-34+. The van der Waals surface area contributed by atoms with Crippen molar-refractivity contribution in [1.82, 2.24) is 14.8 Å². The third kappa shape index (κ3) is 5.27. The van der Waals surface area contributed by atoms with Gasteiger partial charge in [-0.3, -0.25) is 9.80 Å². The third-order valence-electron chi connectivity index (χ3n) is 8.51. The van der Waals surface area contributed by atoms with Crippen LogP contribution < -0.4 is 4.74 Å². The second kappa shape index (κ2) is 11.5. The molecule has 2 saturated heterocycles. The lowest BCUT2D eigenvalue weighted by Gasteiger charge is -2.15. The average Bonchev–Trinajstić information content (AvgIpc) is 3.77. The van der Waals surface area contributed by atoms with Crippen molar-refractivity contribution in [2.24, 2.45) is 5.16 Å². The molecule has 2 aliphatic heterocycles. The lowest BCUT2D eigenvalue weighted by molar-refractivity contribution is 0.119. The van der Waals surface area contributed by atoms with Gasteiger partial charge in [-0.1, -0.05) is 23.4 Å². The number of nitrogens with zero attached hydrogens (tertiary/aromatic N) is 4. The SMILES string of the molecule is Oc1ccc2c(c1)/C(=N\OCCN1CCCC1)c1c-2c(-c2ccc(OCCN3CCCC3)cc2)nc2ccccc12.